The van der Waals surface area contributed by atoms with Gasteiger partial charge in [-0.3, -0.25) is 9.52 Å². The number of aromatic amines is 1. The average Bonchev–Trinajstić information content (AvgIpc) is 3.33. The van der Waals surface area contributed by atoms with Crippen LogP contribution in [-0.4, -0.2) is 45.7 Å². The van der Waals surface area contributed by atoms with E-state index in [2.05, 4.69) is 35.8 Å². The number of aromatic nitrogens is 1. The molecular formula is C33H37N3O5S. The third kappa shape index (κ3) is 6.69. The van der Waals surface area contributed by atoms with Crippen LogP contribution >= 0.6 is 0 Å². The summed E-state index contributed by atoms with van der Waals surface area (Å²) >= 11 is 0. The molecule has 42 heavy (non-hydrogen) atoms. The van der Waals surface area contributed by atoms with Gasteiger partial charge in [-0.1, -0.05) is 45.0 Å². The van der Waals surface area contributed by atoms with Gasteiger partial charge < -0.3 is 19.8 Å². The van der Waals surface area contributed by atoms with Gasteiger partial charge in [-0.25, -0.2) is 8.42 Å². The van der Waals surface area contributed by atoms with Gasteiger partial charge in [-0.05, 0) is 77.9 Å². The molecular weight excluding hydrogens is 550 g/mol. The number of ether oxygens (including phenoxy) is 2. The Morgan fingerprint density at radius 1 is 1.02 bits per heavy atom. The zero-order valence-corrected chi connectivity index (χ0v) is 25.2. The molecule has 220 valence electrons. The first-order chi connectivity index (χ1) is 20.0. The minimum Gasteiger partial charge on any atom is -0.497 e. The van der Waals surface area contributed by atoms with Crippen molar-refractivity contribution in [2.45, 2.75) is 50.0 Å². The Kier molecular flexibility index (Phi) is 8.43. The number of methoxy groups -OCH3 is 1. The molecule has 2 heterocycles. The fourth-order valence-corrected chi connectivity index (χ4v) is 6.14. The number of rotatable bonds is 8. The van der Waals surface area contributed by atoms with Gasteiger partial charge in [0.05, 0.1) is 12.0 Å². The van der Waals surface area contributed by atoms with Crippen molar-refractivity contribution >= 4 is 38.6 Å². The van der Waals surface area contributed by atoms with E-state index < -0.39 is 10.0 Å². The number of benzene rings is 3. The quantitative estimate of drug-likeness (QED) is 0.211. The van der Waals surface area contributed by atoms with E-state index in [9.17, 15) is 13.2 Å². The molecule has 0 bridgehead atoms. The van der Waals surface area contributed by atoms with Crippen molar-refractivity contribution in [1.29, 1.82) is 0 Å². The summed E-state index contributed by atoms with van der Waals surface area (Å²) in [6.07, 6.45) is 4.86. The lowest BCUT2D eigenvalue weighted by Gasteiger charge is -2.22. The van der Waals surface area contributed by atoms with Crippen molar-refractivity contribution < 1.29 is 22.7 Å². The second-order valence-electron chi connectivity index (χ2n) is 11.5. The molecule has 1 saturated heterocycles. The van der Waals surface area contributed by atoms with Crippen LogP contribution in [0.4, 0.5) is 5.69 Å². The summed E-state index contributed by atoms with van der Waals surface area (Å²) in [7, 11) is -2.21. The molecule has 1 aromatic heterocycles. The predicted molar refractivity (Wildman–Crippen MR) is 167 cm³/mol. The molecule has 0 radical (unpaired) electrons. The maximum Gasteiger partial charge on any atom is 0.261 e. The number of sulfonamides is 1. The molecule has 5 rings (SSSR count). The molecule has 0 saturated carbocycles. The van der Waals surface area contributed by atoms with Crippen LogP contribution in [0.15, 0.2) is 77.7 Å². The minimum atomic E-state index is -3.82. The molecule has 1 amide bonds. The van der Waals surface area contributed by atoms with Crippen LogP contribution in [0.1, 0.15) is 44.9 Å². The zero-order valence-electron chi connectivity index (χ0n) is 24.4. The molecule has 0 spiro atoms. The van der Waals surface area contributed by atoms with Gasteiger partial charge in [0.2, 0.25) is 5.91 Å². The van der Waals surface area contributed by atoms with E-state index in [0.29, 0.717) is 24.7 Å². The van der Waals surface area contributed by atoms with E-state index in [4.69, 9.17) is 9.47 Å². The highest BCUT2D eigenvalue weighted by molar-refractivity contribution is 7.92. The fourth-order valence-electron chi connectivity index (χ4n) is 5.09. The fraction of sp³-hybridized carbons (Fsp3) is 0.303. The van der Waals surface area contributed by atoms with Gasteiger partial charge in [0.25, 0.3) is 10.0 Å². The van der Waals surface area contributed by atoms with Gasteiger partial charge in [-0.15, -0.1) is 0 Å². The highest BCUT2D eigenvalue weighted by atomic mass is 32.2. The molecule has 4 aromatic rings. The summed E-state index contributed by atoms with van der Waals surface area (Å²) in [6, 6.07) is 20.0. The summed E-state index contributed by atoms with van der Waals surface area (Å²) in [5, 5.41) is 3.85. The highest BCUT2D eigenvalue weighted by Gasteiger charge is 2.20. The van der Waals surface area contributed by atoms with Gasteiger partial charge in [-0.2, -0.15) is 0 Å². The van der Waals surface area contributed by atoms with Crippen molar-refractivity contribution in [3.05, 3.63) is 84.1 Å². The van der Waals surface area contributed by atoms with Crippen molar-refractivity contribution in [2.75, 3.05) is 25.0 Å². The molecule has 1 aliphatic heterocycles. The molecule has 0 atom stereocenters. The van der Waals surface area contributed by atoms with Crippen molar-refractivity contribution in [3.63, 3.8) is 0 Å². The topological polar surface area (TPSA) is 110 Å². The van der Waals surface area contributed by atoms with Gasteiger partial charge in [0.15, 0.2) is 0 Å². The number of carbonyl (C=O) groups excluding carboxylic acids is 1. The maximum atomic E-state index is 13.3. The number of H-pyrrole nitrogens is 1. The van der Waals surface area contributed by atoms with Crippen LogP contribution in [0.5, 0.6) is 5.75 Å². The van der Waals surface area contributed by atoms with Crippen LogP contribution in [0.2, 0.25) is 0 Å². The Morgan fingerprint density at radius 3 is 2.45 bits per heavy atom. The van der Waals surface area contributed by atoms with E-state index in [1.807, 2.05) is 42.5 Å². The van der Waals surface area contributed by atoms with Crippen molar-refractivity contribution in [2.24, 2.45) is 0 Å². The standard InChI is InChI=1S/C33H37N3O5S/c1-33(2,3)23-8-11-27(12-9-23)42(38,39)36-25-10-13-29-28(21-25)32(22-6-5-7-26(20-22)40-4)30(35-29)14-15-31(37)34-24-16-18-41-19-17-24/h5-15,20-21,24,35-36H,16-19H2,1-4H3,(H,34,37)/b15-14+. The third-order valence-electron chi connectivity index (χ3n) is 7.44. The largest absolute Gasteiger partial charge is 0.497 e. The minimum absolute atomic E-state index is 0.0801. The first-order valence-electron chi connectivity index (χ1n) is 14.0. The average molecular weight is 588 g/mol. The zero-order chi connectivity index (χ0) is 29.9. The Balaban J connectivity index is 1.49. The number of amides is 1. The van der Waals surface area contributed by atoms with E-state index in [1.165, 1.54) is 6.08 Å². The van der Waals surface area contributed by atoms with Crippen molar-refractivity contribution in [1.82, 2.24) is 10.3 Å². The van der Waals surface area contributed by atoms with Crippen LogP contribution in [0.25, 0.3) is 28.1 Å². The Hall–Kier alpha value is -4.08. The van der Waals surface area contributed by atoms with Gasteiger partial charge in [0, 0.05) is 53.2 Å². The Morgan fingerprint density at radius 2 is 1.76 bits per heavy atom. The summed E-state index contributed by atoms with van der Waals surface area (Å²) < 4.78 is 40.1. The molecule has 1 aliphatic rings. The second-order valence-corrected chi connectivity index (χ2v) is 13.2. The first kappa shape index (κ1) is 29.4. The molecule has 3 aromatic carbocycles. The smallest absolute Gasteiger partial charge is 0.261 e. The lowest BCUT2D eigenvalue weighted by molar-refractivity contribution is -0.117. The van der Waals surface area contributed by atoms with E-state index in [-0.39, 0.29) is 22.3 Å². The van der Waals surface area contributed by atoms with Gasteiger partial charge in [0.1, 0.15) is 5.75 Å². The number of nitrogens with one attached hydrogen (secondary N) is 3. The first-order valence-corrected chi connectivity index (χ1v) is 15.5. The number of anilines is 1. The second kappa shape index (κ2) is 12.0. The monoisotopic (exact) mass is 587 g/mol. The van der Waals surface area contributed by atoms with E-state index >= 15 is 0 Å². The number of fused-ring (bicyclic) bond motifs is 1. The lowest BCUT2D eigenvalue weighted by Crippen LogP contribution is -2.37. The molecule has 1 fully saturated rings. The van der Waals surface area contributed by atoms with E-state index in [0.717, 1.165) is 46.1 Å². The maximum absolute atomic E-state index is 13.3. The number of carbonyl (C=O) groups is 1. The number of hydrogen-bond acceptors (Lipinski definition) is 5. The predicted octanol–water partition coefficient (Wildman–Crippen LogP) is 6.25. The molecule has 0 unspecified atom stereocenters. The number of hydrogen-bond donors (Lipinski definition) is 3. The normalized spacial score (nSPS) is 14.8. The van der Waals surface area contributed by atoms with Crippen LogP contribution < -0.4 is 14.8 Å². The van der Waals surface area contributed by atoms with Crippen LogP contribution in [0, 0.1) is 0 Å². The summed E-state index contributed by atoms with van der Waals surface area (Å²) in [5.41, 5.74) is 4.62. The van der Waals surface area contributed by atoms with E-state index in [1.54, 1.807) is 37.5 Å². The molecule has 0 aliphatic carbocycles. The third-order valence-corrected chi connectivity index (χ3v) is 8.84. The molecule has 8 nitrogen and oxygen atoms in total. The SMILES string of the molecule is COc1cccc(-c2c(/C=C/C(=O)NC3CCOCC3)[nH]c3ccc(NS(=O)(=O)c4ccc(C(C)(C)C)cc4)cc23)c1. The highest BCUT2D eigenvalue weighted by Crippen LogP contribution is 2.36. The Labute approximate surface area is 247 Å². The summed E-state index contributed by atoms with van der Waals surface area (Å²) in [4.78, 5) is 16.3. The lowest BCUT2D eigenvalue weighted by atomic mass is 9.87. The molecule has 3 N–H and O–H groups in total. The Bertz CT molecular complexity index is 1710. The van der Waals surface area contributed by atoms with Gasteiger partial charge >= 0.3 is 0 Å². The van der Waals surface area contributed by atoms with Crippen LogP contribution in [-0.2, 0) is 25.0 Å². The van der Waals surface area contributed by atoms with Crippen LogP contribution in [0.3, 0.4) is 0 Å². The summed E-state index contributed by atoms with van der Waals surface area (Å²) in [6.45, 7) is 7.55. The summed E-state index contributed by atoms with van der Waals surface area (Å²) in [5.74, 6) is 0.507. The molecule has 9 heteroatoms. The van der Waals surface area contributed by atoms with Crippen molar-refractivity contribution in [3.8, 4) is 16.9 Å².